The first-order chi connectivity index (χ1) is 12.9. The number of rotatable bonds is 6. The molecule has 1 heterocycles. The summed E-state index contributed by atoms with van der Waals surface area (Å²) >= 11 is 1.39. The first-order valence-electron chi connectivity index (χ1n) is 8.28. The smallest absolute Gasteiger partial charge is 0.264 e. The Hall–Kier alpha value is -2.57. The van der Waals surface area contributed by atoms with E-state index in [4.69, 9.17) is 0 Å². The molecule has 27 heavy (non-hydrogen) atoms. The Labute approximate surface area is 162 Å². The van der Waals surface area contributed by atoms with Crippen LogP contribution in [0.4, 0.5) is 0 Å². The Morgan fingerprint density at radius 1 is 0.889 bits per heavy atom. The Kier molecular flexibility index (Phi) is 5.39. The molecule has 0 saturated heterocycles. The summed E-state index contributed by atoms with van der Waals surface area (Å²) in [5, 5.41) is 0.756. The summed E-state index contributed by atoms with van der Waals surface area (Å²) in [5.74, 6) is -0.516. The molecule has 3 aromatic rings. The maximum absolute atomic E-state index is 13.6. The average molecular weight is 399 g/mol. The van der Waals surface area contributed by atoms with Crippen LogP contribution < -0.4 is 0 Å². The molecule has 138 valence electrons. The number of ketones is 1. The van der Waals surface area contributed by atoms with Crippen molar-refractivity contribution in [2.75, 3.05) is 6.26 Å². The fourth-order valence-corrected chi connectivity index (χ4v) is 4.85. The zero-order valence-electron chi connectivity index (χ0n) is 14.7. The molecular weight excluding hydrogens is 380 g/mol. The molecule has 1 atom stereocenters. The zero-order chi connectivity index (χ0) is 19.5. The molecule has 6 heteroatoms. The van der Waals surface area contributed by atoms with Gasteiger partial charge in [-0.15, -0.1) is 11.3 Å². The van der Waals surface area contributed by atoms with Crippen molar-refractivity contribution in [3.63, 3.8) is 0 Å². The third-order valence-electron chi connectivity index (χ3n) is 4.39. The van der Waals surface area contributed by atoms with Gasteiger partial charge >= 0.3 is 0 Å². The second-order valence-electron chi connectivity index (χ2n) is 6.28. The second-order valence-corrected chi connectivity index (χ2v) is 9.23. The van der Waals surface area contributed by atoms with Crippen LogP contribution in [0.15, 0.2) is 78.2 Å². The number of carbonyl (C=O) groups excluding carboxylic acids is 2. The van der Waals surface area contributed by atoms with Gasteiger partial charge in [0.2, 0.25) is 9.84 Å². The van der Waals surface area contributed by atoms with Crippen LogP contribution in [0.5, 0.6) is 0 Å². The quantitative estimate of drug-likeness (QED) is 0.469. The van der Waals surface area contributed by atoms with Gasteiger partial charge in [-0.1, -0.05) is 66.7 Å². The summed E-state index contributed by atoms with van der Waals surface area (Å²) < 4.78 is 24.6. The molecule has 1 unspecified atom stereocenters. The molecule has 1 aromatic heterocycles. The van der Waals surface area contributed by atoms with Crippen LogP contribution >= 0.6 is 11.3 Å². The van der Waals surface area contributed by atoms with Gasteiger partial charge in [0.15, 0.2) is 5.78 Å². The van der Waals surface area contributed by atoms with Gasteiger partial charge in [0.25, 0.3) is 5.12 Å². The van der Waals surface area contributed by atoms with Gasteiger partial charge < -0.3 is 0 Å². The highest BCUT2D eigenvalue weighted by Crippen LogP contribution is 2.36. The standard InChI is InChI=1S/C21H18O4S2/c1-27(24,25)20(23)21(15-18-13-8-14-26-18,17-11-6-3-7-12-17)19(22)16-9-4-2-5-10-16/h2-14H,15H2,1H3. The number of hydrogen-bond donors (Lipinski definition) is 0. The lowest BCUT2D eigenvalue weighted by Crippen LogP contribution is -2.48. The highest BCUT2D eigenvalue weighted by Gasteiger charge is 2.51. The Morgan fingerprint density at radius 3 is 2.00 bits per heavy atom. The molecule has 4 nitrogen and oxygen atoms in total. The maximum atomic E-state index is 13.6. The van der Waals surface area contributed by atoms with E-state index < -0.39 is 26.2 Å². The third-order valence-corrected chi connectivity index (χ3v) is 6.29. The molecule has 0 N–H and O–H groups in total. The van der Waals surface area contributed by atoms with Gasteiger partial charge in [-0.05, 0) is 17.0 Å². The monoisotopic (exact) mass is 398 g/mol. The summed E-state index contributed by atoms with van der Waals surface area (Å²) in [6, 6.07) is 20.4. The Bertz CT molecular complexity index is 1040. The third kappa shape index (κ3) is 3.77. The lowest BCUT2D eigenvalue weighted by Gasteiger charge is -2.30. The van der Waals surface area contributed by atoms with E-state index in [0.717, 1.165) is 11.1 Å². The van der Waals surface area contributed by atoms with Crippen molar-refractivity contribution in [2.24, 2.45) is 0 Å². The van der Waals surface area contributed by atoms with E-state index in [2.05, 4.69) is 0 Å². The second kappa shape index (κ2) is 7.58. The molecular formula is C21H18O4S2. The van der Waals surface area contributed by atoms with E-state index in [1.165, 1.54) is 11.3 Å². The van der Waals surface area contributed by atoms with Crippen molar-refractivity contribution >= 4 is 32.1 Å². The number of carbonyl (C=O) groups is 2. The summed E-state index contributed by atoms with van der Waals surface area (Å²) in [6.45, 7) is 0. The van der Waals surface area contributed by atoms with Crippen molar-refractivity contribution in [3.05, 3.63) is 94.2 Å². The molecule has 0 aliphatic heterocycles. The molecule has 0 aliphatic rings. The maximum Gasteiger partial charge on any atom is 0.264 e. The molecule has 3 rings (SSSR count). The SMILES string of the molecule is CS(=O)(=O)C(=O)C(Cc1cccs1)(C(=O)c1ccccc1)c1ccccc1. The lowest BCUT2D eigenvalue weighted by atomic mass is 9.72. The van der Waals surface area contributed by atoms with Crippen LogP contribution in [0, 0.1) is 0 Å². The fourth-order valence-electron chi connectivity index (χ4n) is 3.15. The summed E-state index contributed by atoms with van der Waals surface area (Å²) in [7, 11) is -4.12. The number of thiophene rings is 1. The molecule has 0 spiro atoms. The topological polar surface area (TPSA) is 68.3 Å². The van der Waals surface area contributed by atoms with Crippen LogP contribution in [0.1, 0.15) is 20.8 Å². The molecule has 0 aliphatic carbocycles. The summed E-state index contributed by atoms with van der Waals surface area (Å²) in [4.78, 5) is 27.6. The molecule has 0 radical (unpaired) electrons. The van der Waals surface area contributed by atoms with Gasteiger partial charge in [0.1, 0.15) is 5.41 Å². The van der Waals surface area contributed by atoms with Gasteiger partial charge in [-0.25, -0.2) is 8.42 Å². The average Bonchev–Trinajstić information content (AvgIpc) is 3.19. The molecule has 2 aromatic carbocycles. The highest BCUT2D eigenvalue weighted by molar-refractivity contribution is 8.05. The first kappa shape index (κ1) is 19.2. The Balaban J connectivity index is 2.31. The molecule has 0 amide bonds. The number of benzene rings is 2. The van der Waals surface area contributed by atoms with Crippen molar-refractivity contribution in [2.45, 2.75) is 11.8 Å². The molecule has 0 fully saturated rings. The van der Waals surface area contributed by atoms with E-state index in [1.807, 2.05) is 11.4 Å². The van der Waals surface area contributed by atoms with Gasteiger partial charge in [-0.2, -0.15) is 0 Å². The minimum Gasteiger partial charge on any atom is -0.293 e. The van der Waals surface area contributed by atoms with Crippen molar-refractivity contribution in [1.82, 2.24) is 0 Å². The highest BCUT2D eigenvalue weighted by atomic mass is 32.2. The zero-order valence-corrected chi connectivity index (χ0v) is 16.3. The van der Waals surface area contributed by atoms with Gasteiger partial charge in [0, 0.05) is 23.1 Å². The fraction of sp³-hybridized carbons (Fsp3) is 0.143. The minimum atomic E-state index is -4.12. The van der Waals surface area contributed by atoms with Crippen molar-refractivity contribution in [3.8, 4) is 0 Å². The predicted octanol–water partition coefficient (Wildman–Crippen LogP) is 3.68. The molecule has 0 saturated carbocycles. The largest absolute Gasteiger partial charge is 0.293 e. The number of Topliss-reactive ketones (excluding diaryl/α,β-unsaturated/α-hetero) is 1. The predicted molar refractivity (Wildman–Crippen MR) is 107 cm³/mol. The van der Waals surface area contributed by atoms with Gasteiger partial charge in [-0.3, -0.25) is 9.59 Å². The lowest BCUT2D eigenvalue weighted by molar-refractivity contribution is -0.115. The van der Waals surface area contributed by atoms with Crippen LogP contribution in [0.25, 0.3) is 0 Å². The number of sulfone groups is 1. The van der Waals surface area contributed by atoms with Gasteiger partial charge in [0.05, 0.1) is 0 Å². The van der Waals surface area contributed by atoms with E-state index >= 15 is 0 Å². The summed E-state index contributed by atoms with van der Waals surface area (Å²) in [6.07, 6.45) is 0.855. The van der Waals surface area contributed by atoms with Crippen molar-refractivity contribution in [1.29, 1.82) is 0 Å². The summed E-state index contributed by atoms with van der Waals surface area (Å²) in [5.41, 5.74) is -1.15. The van der Waals surface area contributed by atoms with E-state index in [9.17, 15) is 18.0 Å². The number of hydrogen-bond acceptors (Lipinski definition) is 5. The van der Waals surface area contributed by atoms with Crippen LogP contribution in [0.3, 0.4) is 0 Å². The van der Waals surface area contributed by atoms with Crippen molar-refractivity contribution < 1.29 is 18.0 Å². The first-order valence-corrected chi connectivity index (χ1v) is 11.0. The Morgan fingerprint density at radius 2 is 1.48 bits per heavy atom. The van der Waals surface area contributed by atoms with Crippen LogP contribution in [-0.2, 0) is 26.5 Å². The van der Waals surface area contributed by atoms with E-state index in [1.54, 1.807) is 66.7 Å². The van der Waals surface area contributed by atoms with Crippen LogP contribution in [0.2, 0.25) is 0 Å². The normalized spacial score (nSPS) is 13.7. The van der Waals surface area contributed by atoms with E-state index in [-0.39, 0.29) is 6.42 Å². The van der Waals surface area contributed by atoms with Crippen LogP contribution in [-0.4, -0.2) is 25.6 Å². The van der Waals surface area contributed by atoms with E-state index in [0.29, 0.717) is 11.1 Å². The minimum absolute atomic E-state index is 0.00564. The molecule has 0 bridgehead atoms.